The number of nitrogens with zero attached hydrogens (tertiary/aromatic N) is 3. The first-order valence-corrected chi connectivity index (χ1v) is 12.4. The lowest BCUT2D eigenvalue weighted by Gasteiger charge is -2.34. The lowest BCUT2D eigenvalue weighted by Crippen LogP contribution is -2.51. The van der Waals surface area contributed by atoms with E-state index in [2.05, 4.69) is 10.3 Å². The normalized spacial score (nSPS) is 17.3. The first-order valence-electron chi connectivity index (χ1n) is 11.6. The topological polar surface area (TPSA) is 74.8 Å². The van der Waals surface area contributed by atoms with Gasteiger partial charge in [-0.25, -0.2) is 9.78 Å². The third-order valence-electron chi connectivity index (χ3n) is 6.29. The van der Waals surface area contributed by atoms with Gasteiger partial charge in [0.05, 0.1) is 6.61 Å². The number of hydrogen-bond acceptors (Lipinski definition) is 5. The summed E-state index contributed by atoms with van der Waals surface area (Å²) in [4.78, 5) is 34.2. The SMILES string of the molecule is Cc1cnc(NC(=O)N2CCN(C(=O)c3cccc(OCCC4CCCCC4)c3)CC2)s1. The second-order valence-corrected chi connectivity index (χ2v) is 9.89. The minimum Gasteiger partial charge on any atom is -0.494 e. The smallest absolute Gasteiger partial charge is 0.323 e. The van der Waals surface area contributed by atoms with Gasteiger partial charge in [-0.05, 0) is 37.5 Å². The highest BCUT2D eigenvalue weighted by Crippen LogP contribution is 2.26. The average molecular weight is 457 g/mol. The van der Waals surface area contributed by atoms with Crippen LogP contribution in [0.4, 0.5) is 9.93 Å². The Labute approximate surface area is 193 Å². The first kappa shape index (κ1) is 22.6. The van der Waals surface area contributed by atoms with Crippen molar-refractivity contribution in [3.63, 3.8) is 0 Å². The maximum atomic E-state index is 13.0. The molecule has 0 bridgehead atoms. The fraction of sp³-hybridized carbons (Fsp3) is 0.542. The quantitative estimate of drug-likeness (QED) is 0.678. The van der Waals surface area contributed by atoms with Crippen molar-refractivity contribution in [3.05, 3.63) is 40.9 Å². The lowest BCUT2D eigenvalue weighted by atomic mass is 9.87. The molecule has 1 saturated heterocycles. The molecule has 1 N–H and O–H groups in total. The second kappa shape index (κ2) is 10.8. The van der Waals surface area contributed by atoms with E-state index in [4.69, 9.17) is 4.74 Å². The molecule has 3 amide bonds. The zero-order valence-electron chi connectivity index (χ0n) is 18.7. The van der Waals surface area contributed by atoms with Crippen molar-refractivity contribution < 1.29 is 14.3 Å². The molecule has 2 heterocycles. The summed E-state index contributed by atoms with van der Waals surface area (Å²) in [6.07, 6.45) is 9.51. The summed E-state index contributed by atoms with van der Waals surface area (Å²) >= 11 is 1.45. The van der Waals surface area contributed by atoms with E-state index in [9.17, 15) is 9.59 Å². The highest BCUT2D eigenvalue weighted by atomic mass is 32.1. The number of nitrogens with one attached hydrogen (secondary N) is 1. The molecule has 8 heteroatoms. The lowest BCUT2D eigenvalue weighted by molar-refractivity contribution is 0.0671. The van der Waals surface area contributed by atoms with Crippen LogP contribution in [0.3, 0.4) is 0 Å². The largest absolute Gasteiger partial charge is 0.494 e. The average Bonchev–Trinajstić information content (AvgIpc) is 3.24. The van der Waals surface area contributed by atoms with Gasteiger partial charge >= 0.3 is 6.03 Å². The van der Waals surface area contributed by atoms with Gasteiger partial charge in [0, 0.05) is 42.8 Å². The van der Waals surface area contributed by atoms with Crippen molar-refractivity contribution in [2.45, 2.75) is 45.4 Å². The van der Waals surface area contributed by atoms with Crippen molar-refractivity contribution >= 4 is 28.4 Å². The Balaban J connectivity index is 1.24. The number of ether oxygens (including phenoxy) is 1. The van der Waals surface area contributed by atoms with Gasteiger partial charge in [-0.15, -0.1) is 11.3 Å². The molecular formula is C24H32N4O3S. The van der Waals surface area contributed by atoms with Crippen LogP contribution >= 0.6 is 11.3 Å². The molecule has 7 nitrogen and oxygen atoms in total. The molecule has 4 rings (SSSR count). The Kier molecular flexibility index (Phi) is 7.63. The van der Waals surface area contributed by atoms with Crippen LogP contribution in [0, 0.1) is 12.8 Å². The van der Waals surface area contributed by atoms with E-state index in [0.717, 1.165) is 23.0 Å². The maximum absolute atomic E-state index is 13.0. The van der Waals surface area contributed by atoms with Crippen LogP contribution in [0.2, 0.25) is 0 Å². The molecular weight excluding hydrogens is 424 g/mol. The fourth-order valence-electron chi connectivity index (χ4n) is 4.42. The molecule has 1 aliphatic carbocycles. The molecule has 2 aliphatic rings. The van der Waals surface area contributed by atoms with E-state index >= 15 is 0 Å². The third kappa shape index (κ3) is 6.00. The number of amides is 3. The van der Waals surface area contributed by atoms with Gasteiger partial charge in [0.15, 0.2) is 5.13 Å². The summed E-state index contributed by atoms with van der Waals surface area (Å²) in [6, 6.07) is 7.30. The Morgan fingerprint density at radius 3 is 2.59 bits per heavy atom. The number of urea groups is 1. The molecule has 0 atom stereocenters. The molecule has 2 aromatic rings. The third-order valence-corrected chi connectivity index (χ3v) is 7.12. The van der Waals surface area contributed by atoms with E-state index in [0.29, 0.717) is 43.5 Å². The molecule has 0 unspecified atom stereocenters. The Hall–Kier alpha value is -2.61. The fourth-order valence-corrected chi connectivity index (χ4v) is 5.07. The summed E-state index contributed by atoms with van der Waals surface area (Å²) in [7, 11) is 0. The van der Waals surface area contributed by atoms with Crippen molar-refractivity contribution in [2.24, 2.45) is 5.92 Å². The second-order valence-electron chi connectivity index (χ2n) is 8.65. The summed E-state index contributed by atoms with van der Waals surface area (Å²) in [5, 5.41) is 3.44. The van der Waals surface area contributed by atoms with E-state index in [-0.39, 0.29) is 11.9 Å². The Bertz CT molecular complexity index is 917. The molecule has 1 aromatic heterocycles. The van der Waals surface area contributed by atoms with Crippen LogP contribution in [0.1, 0.15) is 53.8 Å². The predicted molar refractivity (Wildman–Crippen MR) is 126 cm³/mol. The molecule has 0 radical (unpaired) electrons. The molecule has 172 valence electrons. The summed E-state index contributed by atoms with van der Waals surface area (Å²) < 4.78 is 5.96. The van der Waals surface area contributed by atoms with E-state index < -0.39 is 0 Å². The summed E-state index contributed by atoms with van der Waals surface area (Å²) in [6.45, 7) is 4.67. The van der Waals surface area contributed by atoms with Gasteiger partial charge in [-0.1, -0.05) is 38.2 Å². The van der Waals surface area contributed by atoms with Gasteiger partial charge in [0.25, 0.3) is 5.91 Å². The minimum absolute atomic E-state index is 0.0154. The van der Waals surface area contributed by atoms with Gasteiger partial charge in [-0.3, -0.25) is 10.1 Å². The first-order chi connectivity index (χ1) is 15.6. The Morgan fingerprint density at radius 2 is 1.88 bits per heavy atom. The minimum atomic E-state index is -0.167. The number of carbonyl (C=O) groups is 2. The number of aromatic nitrogens is 1. The van der Waals surface area contributed by atoms with Gasteiger partial charge in [0.1, 0.15) is 5.75 Å². The zero-order chi connectivity index (χ0) is 22.3. The van der Waals surface area contributed by atoms with E-state index in [1.807, 2.05) is 31.2 Å². The van der Waals surface area contributed by atoms with Crippen LogP contribution in [0.25, 0.3) is 0 Å². The van der Waals surface area contributed by atoms with Crippen LogP contribution in [-0.2, 0) is 0 Å². The number of thiazole rings is 1. The number of hydrogen-bond donors (Lipinski definition) is 1. The molecule has 0 spiro atoms. The van der Waals surface area contributed by atoms with Crippen molar-refractivity contribution in [2.75, 3.05) is 38.1 Å². The number of rotatable bonds is 6. The van der Waals surface area contributed by atoms with Crippen molar-refractivity contribution in [3.8, 4) is 5.75 Å². The van der Waals surface area contributed by atoms with Gasteiger partial charge < -0.3 is 14.5 Å². The van der Waals surface area contributed by atoms with E-state index in [1.54, 1.807) is 16.0 Å². The van der Waals surface area contributed by atoms with Crippen LogP contribution in [0.15, 0.2) is 30.5 Å². The van der Waals surface area contributed by atoms with Crippen LogP contribution in [-0.4, -0.2) is 59.5 Å². The molecule has 1 aromatic carbocycles. The predicted octanol–water partition coefficient (Wildman–Crippen LogP) is 4.79. The number of benzene rings is 1. The standard InChI is InChI=1S/C24H32N4O3S/c1-18-17-25-23(32-18)26-24(30)28-13-11-27(12-14-28)22(29)20-8-5-9-21(16-20)31-15-10-19-6-3-2-4-7-19/h5,8-9,16-17,19H,2-4,6-7,10-15H2,1H3,(H,25,26,30). The van der Waals surface area contributed by atoms with E-state index in [1.165, 1.54) is 43.4 Å². The number of anilines is 1. The molecule has 1 saturated carbocycles. The zero-order valence-corrected chi connectivity index (χ0v) is 19.5. The number of aryl methyl sites for hydroxylation is 1. The molecule has 2 fully saturated rings. The van der Waals surface area contributed by atoms with Crippen molar-refractivity contribution in [1.82, 2.24) is 14.8 Å². The van der Waals surface area contributed by atoms with Gasteiger partial charge in [-0.2, -0.15) is 0 Å². The monoisotopic (exact) mass is 456 g/mol. The van der Waals surface area contributed by atoms with Gasteiger partial charge in [0.2, 0.25) is 0 Å². The Morgan fingerprint density at radius 1 is 1.12 bits per heavy atom. The van der Waals surface area contributed by atoms with Crippen LogP contribution in [0.5, 0.6) is 5.75 Å². The molecule has 1 aliphatic heterocycles. The highest BCUT2D eigenvalue weighted by Gasteiger charge is 2.25. The molecule has 32 heavy (non-hydrogen) atoms. The summed E-state index contributed by atoms with van der Waals surface area (Å²) in [5.41, 5.74) is 0.635. The van der Waals surface area contributed by atoms with Crippen LogP contribution < -0.4 is 10.1 Å². The number of piperazine rings is 1. The highest BCUT2D eigenvalue weighted by molar-refractivity contribution is 7.15. The number of carbonyl (C=O) groups excluding carboxylic acids is 2. The van der Waals surface area contributed by atoms with Crippen molar-refractivity contribution in [1.29, 1.82) is 0 Å². The maximum Gasteiger partial charge on any atom is 0.323 e. The summed E-state index contributed by atoms with van der Waals surface area (Å²) in [5.74, 6) is 1.52.